The molecule has 1 unspecified atom stereocenters. The summed E-state index contributed by atoms with van der Waals surface area (Å²) in [6, 6.07) is 0.111. The molecule has 10 heavy (non-hydrogen) atoms. The van der Waals surface area contributed by atoms with Gasteiger partial charge in [-0.3, -0.25) is 0 Å². The number of hydrogen-bond acceptors (Lipinski definition) is 2. The third kappa shape index (κ3) is 1.71. The van der Waals surface area contributed by atoms with Gasteiger partial charge in [-0.2, -0.15) is 4.91 Å². The topological polar surface area (TPSA) is 29.4 Å². The highest BCUT2D eigenvalue weighted by atomic mass is 127. The molecule has 0 radical (unpaired) electrons. The first-order valence-electron chi connectivity index (χ1n) is 3.66. The molecule has 0 saturated heterocycles. The summed E-state index contributed by atoms with van der Waals surface area (Å²) in [5, 5.41) is 3.11. The Bertz CT molecular complexity index is 133. The van der Waals surface area contributed by atoms with Gasteiger partial charge in [-0.05, 0) is 18.2 Å². The molecule has 0 aromatic rings. The summed E-state index contributed by atoms with van der Waals surface area (Å²) in [6.07, 6.45) is 2.22. The lowest BCUT2D eigenvalue weighted by molar-refractivity contribution is 0.610. The van der Waals surface area contributed by atoms with Crippen LogP contribution in [0.5, 0.6) is 0 Å². The molecule has 56 valence electrons. The lowest BCUT2D eigenvalue weighted by atomic mass is 9.83. The fourth-order valence-corrected chi connectivity index (χ4v) is 2.34. The van der Waals surface area contributed by atoms with Gasteiger partial charge in [0.25, 0.3) is 0 Å². The van der Waals surface area contributed by atoms with Gasteiger partial charge in [-0.1, -0.05) is 34.2 Å². The Labute approximate surface area is 75.7 Å². The largest absolute Gasteiger partial charge is 0.151 e. The van der Waals surface area contributed by atoms with E-state index in [0.717, 1.165) is 12.3 Å². The van der Waals surface area contributed by atoms with Crippen LogP contribution < -0.4 is 0 Å². The SMILES string of the molecule is B[C@@H]1C[C@H](CI)CC1N=O. The molecule has 0 aromatic heterocycles. The highest BCUT2D eigenvalue weighted by Crippen LogP contribution is 2.36. The predicted molar refractivity (Wildman–Crippen MR) is 53.5 cm³/mol. The van der Waals surface area contributed by atoms with Gasteiger partial charge in [-0.25, -0.2) is 0 Å². The van der Waals surface area contributed by atoms with Gasteiger partial charge in [0.2, 0.25) is 0 Å². The molecular formula is C6H11BINO. The first kappa shape index (κ1) is 8.49. The lowest BCUT2D eigenvalue weighted by Gasteiger charge is -2.02. The van der Waals surface area contributed by atoms with Gasteiger partial charge < -0.3 is 0 Å². The molecule has 1 aliphatic carbocycles. The molecule has 1 rings (SSSR count). The van der Waals surface area contributed by atoms with Crippen molar-refractivity contribution in [3.05, 3.63) is 4.91 Å². The van der Waals surface area contributed by atoms with Crippen LogP contribution >= 0.6 is 22.6 Å². The zero-order valence-electron chi connectivity index (χ0n) is 6.09. The van der Waals surface area contributed by atoms with E-state index in [1.165, 1.54) is 10.8 Å². The van der Waals surface area contributed by atoms with Gasteiger partial charge in [0.1, 0.15) is 7.85 Å². The molecule has 1 fully saturated rings. The molecule has 0 bridgehead atoms. The van der Waals surface area contributed by atoms with Crippen LogP contribution in [0.25, 0.3) is 0 Å². The molecule has 0 aromatic carbocycles. The van der Waals surface area contributed by atoms with E-state index < -0.39 is 0 Å². The number of alkyl halides is 1. The Morgan fingerprint density at radius 2 is 2.30 bits per heavy atom. The van der Waals surface area contributed by atoms with E-state index in [1.807, 2.05) is 0 Å². The third-order valence-corrected chi connectivity index (χ3v) is 3.54. The van der Waals surface area contributed by atoms with Gasteiger partial charge >= 0.3 is 0 Å². The summed E-state index contributed by atoms with van der Waals surface area (Å²) in [6.45, 7) is 0. The molecule has 2 nitrogen and oxygen atoms in total. The van der Waals surface area contributed by atoms with Crippen LogP contribution in [0.1, 0.15) is 12.8 Å². The first-order chi connectivity index (χ1) is 4.77. The molecule has 1 aliphatic rings. The van der Waals surface area contributed by atoms with Crippen LogP contribution in [0, 0.1) is 10.8 Å². The maximum Gasteiger partial charge on any atom is 0.108 e. The predicted octanol–water partition coefficient (Wildman–Crippen LogP) is 1.39. The second-order valence-corrected chi connectivity index (χ2v) is 4.02. The summed E-state index contributed by atoms with van der Waals surface area (Å²) < 4.78 is 1.17. The maximum atomic E-state index is 10.2. The summed E-state index contributed by atoms with van der Waals surface area (Å²) in [5.41, 5.74) is 0. The zero-order valence-corrected chi connectivity index (χ0v) is 8.24. The molecule has 0 aliphatic heterocycles. The smallest absolute Gasteiger partial charge is 0.108 e. The first-order valence-corrected chi connectivity index (χ1v) is 5.19. The van der Waals surface area contributed by atoms with Crippen molar-refractivity contribution in [2.75, 3.05) is 4.43 Å². The van der Waals surface area contributed by atoms with Crippen LogP contribution in [-0.4, -0.2) is 18.3 Å². The van der Waals surface area contributed by atoms with E-state index in [0.29, 0.717) is 5.82 Å². The molecule has 0 heterocycles. The Morgan fingerprint density at radius 1 is 1.60 bits per heavy atom. The van der Waals surface area contributed by atoms with Crippen LogP contribution in [0.4, 0.5) is 0 Å². The third-order valence-electron chi connectivity index (χ3n) is 2.29. The Balaban J connectivity index is 2.43. The second kappa shape index (κ2) is 3.69. The van der Waals surface area contributed by atoms with Crippen LogP contribution in [0.3, 0.4) is 0 Å². The Kier molecular flexibility index (Phi) is 3.13. The second-order valence-electron chi connectivity index (χ2n) is 3.14. The van der Waals surface area contributed by atoms with Crippen LogP contribution in [0.2, 0.25) is 5.82 Å². The van der Waals surface area contributed by atoms with E-state index in [-0.39, 0.29) is 6.04 Å². The van der Waals surface area contributed by atoms with E-state index >= 15 is 0 Å². The number of nitroso groups, excluding NO2 is 1. The quantitative estimate of drug-likeness (QED) is 0.315. The summed E-state index contributed by atoms with van der Waals surface area (Å²) >= 11 is 2.38. The Morgan fingerprint density at radius 3 is 2.60 bits per heavy atom. The van der Waals surface area contributed by atoms with Gasteiger partial charge in [-0.15, -0.1) is 0 Å². The molecular weight excluding hydrogens is 240 g/mol. The zero-order chi connectivity index (χ0) is 7.56. The highest BCUT2D eigenvalue weighted by molar-refractivity contribution is 14.1. The molecule has 1 saturated carbocycles. The number of nitrogens with zero attached hydrogens (tertiary/aromatic N) is 1. The summed E-state index contributed by atoms with van der Waals surface area (Å²) in [7, 11) is 2.12. The van der Waals surface area contributed by atoms with Crippen molar-refractivity contribution in [2.24, 2.45) is 11.1 Å². The lowest BCUT2D eigenvalue weighted by Crippen LogP contribution is -2.03. The average Bonchev–Trinajstić information content (AvgIpc) is 2.30. The van der Waals surface area contributed by atoms with Crippen molar-refractivity contribution in [2.45, 2.75) is 24.7 Å². The highest BCUT2D eigenvalue weighted by Gasteiger charge is 2.30. The fraction of sp³-hybridized carbons (Fsp3) is 1.00. The van der Waals surface area contributed by atoms with Crippen molar-refractivity contribution in [3.63, 3.8) is 0 Å². The number of hydrogen-bond donors (Lipinski definition) is 0. The van der Waals surface area contributed by atoms with Crippen molar-refractivity contribution in [3.8, 4) is 0 Å². The minimum absolute atomic E-state index is 0.111. The summed E-state index contributed by atoms with van der Waals surface area (Å²) in [4.78, 5) is 10.2. The van der Waals surface area contributed by atoms with Gasteiger partial charge in [0.15, 0.2) is 0 Å². The normalized spacial score (nSPS) is 39.9. The van der Waals surface area contributed by atoms with E-state index in [1.54, 1.807) is 0 Å². The van der Waals surface area contributed by atoms with Crippen molar-refractivity contribution >= 4 is 30.4 Å². The molecule has 3 atom stereocenters. The van der Waals surface area contributed by atoms with Gasteiger partial charge in [0, 0.05) is 4.43 Å². The van der Waals surface area contributed by atoms with E-state index in [9.17, 15) is 4.91 Å². The van der Waals surface area contributed by atoms with Crippen molar-refractivity contribution in [1.29, 1.82) is 0 Å². The van der Waals surface area contributed by atoms with Crippen LogP contribution in [-0.2, 0) is 0 Å². The van der Waals surface area contributed by atoms with Crippen molar-refractivity contribution < 1.29 is 0 Å². The minimum Gasteiger partial charge on any atom is -0.151 e. The standard InChI is InChI=1S/C6H11BINO/c7-5-1-4(3-8)2-6(5)9-10/h4-6H,1-3,7H2/t4-,5+,6?/m0/s1. The van der Waals surface area contributed by atoms with Crippen LogP contribution in [0.15, 0.2) is 5.18 Å². The van der Waals surface area contributed by atoms with Gasteiger partial charge in [0.05, 0.1) is 6.04 Å². The fourth-order valence-electron chi connectivity index (χ4n) is 1.63. The van der Waals surface area contributed by atoms with E-state index in [4.69, 9.17) is 0 Å². The maximum absolute atomic E-state index is 10.2. The minimum atomic E-state index is 0.111. The Hall–Kier alpha value is 0.395. The monoisotopic (exact) mass is 251 g/mol. The molecule has 0 N–H and O–H groups in total. The average molecular weight is 251 g/mol. The molecule has 0 amide bonds. The molecule has 0 spiro atoms. The number of halogens is 1. The number of rotatable bonds is 2. The van der Waals surface area contributed by atoms with E-state index in [2.05, 4.69) is 35.6 Å². The molecule has 4 heteroatoms. The van der Waals surface area contributed by atoms with Crippen molar-refractivity contribution in [1.82, 2.24) is 0 Å². The summed E-state index contributed by atoms with van der Waals surface area (Å²) in [5.74, 6) is 1.27.